The number of aromatic amines is 1. The maximum absolute atomic E-state index is 12.0. The van der Waals surface area contributed by atoms with E-state index in [2.05, 4.69) is 9.97 Å². The van der Waals surface area contributed by atoms with Crippen LogP contribution in [0.2, 0.25) is 0 Å². The molecule has 1 N–H and O–H groups in total. The van der Waals surface area contributed by atoms with E-state index in [0.29, 0.717) is 36.0 Å². The second-order valence-electron chi connectivity index (χ2n) is 6.31. The Morgan fingerprint density at radius 3 is 2.75 bits per heavy atom. The van der Waals surface area contributed by atoms with Crippen molar-refractivity contribution in [2.75, 3.05) is 7.05 Å². The number of hydrogen-bond acceptors (Lipinski definition) is 4. The molecule has 1 aromatic carbocycles. The lowest BCUT2D eigenvalue weighted by Gasteiger charge is -2.16. The third-order valence-corrected chi connectivity index (χ3v) is 3.66. The smallest absolute Gasteiger partial charge is 0.270 e. The van der Waals surface area contributed by atoms with Gasteiger partial charge in [-0.3, -0.25) is 14.9 Å². The lowest BCUT2D eigenvalue weighted by atomic mass is 10.1. The normalized spacial score (nSPS) is 10.9. The summed E-state index contributed by atoms with van der Waals surface area (Å²) in [7, 11) is 1.75. The highest BCUT2D eigenvalue weighted by atomic mass is 16.6. The Kier molecular flexibility index (Phi) is 5.33. The minimum Gasteiger partial charge on any atom is -0.344 e. The number of hydrogen-bond donors (Lipinski definition) is 1. The molecule has 0 saturated heterocycles. The summed E-state index contributed by atoms with van der Waals surface area (Å²) in [6.07, 6.45) is 0.494. The number of non-ortho nitro benzene ring substituents is 1. The molecule has 2 aromatic rings. The van der Waals surface area contributed by atoms with Gasteiger partial charge in [0.25, 0.3) is 5.69 Å². The first-order chi connectivity index (χ1) is 11.3. The Morgan fingerprint density at radius 2 is 2.12 bits per heavy atom. The standard InChI is InChI=1S/C17H22N4O3/c1-11(2)8-16(22)20(4)10-15-18-12(3)17(19-15)13-6-5-7-14(9-13)21(23)24/h5-7,9,11H,8,10H2,1-4H3,(H,18,19). The first-order valence-corrected chi connectivity index (χ1v) is 7.82. The van der Waals surface area contributed by atoms with Crippen molar-refractivity contribution in [1.82, 2.24) is 14.9 Å². The van der Waals surface area contributed by atoms with Crippen molar-refractivity contribution >= 4 is 11.6 Å². The van der Waals surface area contributed by atoms with Crippen LogP contribution in [0.3, 0.4) is 0 Å². The van der Waals surface area contributed by atoms with Gasteiger partial charge in [-0.25, -0.2) is 4.98 Å². The van der Waals surface area contributed by atoms with Crippen LogP contribution >= 0.6 is 0 Å². The minimum atomic E-state index is -0.426. The molecule has 0 spiro atoms. The molecule has 0 unspecified atom stereocenters. The number of nitrogens with one attached hydrogen (secondary N) is 1. The van der Waals surface area contributed by atoms with Crippen LogP contribution in [-0.4, -0.2) is 32.7 Å². The Labute approximate surface area is 140 Å². The Balaban J connectivity index is 2.20. The third-order valence-electron chi connectivity index (χ3n) is 3.66. The predicted molar refractivity (Wildman–Crippen MR) is 91.3 cm³/mol. The number of H-pyrrole nitrogens is 1. The molecule has 2 rings (SSSR count). The lowest BCUT2D eigenvalue weighted by Crippen LogP contribution is -2.27. The second-order valence-corrected chi connectivity index (χ2v) is 6.31. The first-order valence-electron chi connectivity index (χ1n) is 7.82. The van der Waals surface area contributed by atoms with Crippen molar-refractivity contribution in [3.63, 3.8) is 0 Å². The molecule has 1 heterocycles. The fraction of sp³-hybridized carbons (Fsp3) is 0.412. The second kappa shape index (κ2) is 7.25. The molecule has 7 heteroatoms. The number of rotatable bonds is 6. The Morgan fingerprint density at radius 1 is 1.42 bits per heavy atom. The van der Waals surface area contributed by atoms with E-state index in [9.17, 15) is 14.9 Å². The zero-order valence-electron chi connectivity index (χ0n) is 14.4. The highest BCUT2D eigenvalue weighted by molar-refractivity contribution is 5.76. The molecular weight excluding hydrogens is 308 g/mol. The van der Waals surface area contributed by atoms with E-state index < -0.39 is 4.92 Å². The van der Waals surface area contributed by atoms with Crippen LogP contribution in [0.5, 0.6) is 0 Å². The molecule has 128 valence electrons. The van der Waals surface area contributed by atoms with Crippen molar-refractivity contribution in [3.8, 4) is 11.3 Å². The molecule has 7 nitrogen and oxygen atoms in total. The molecule has 0 aliphatic heterocycles. The molecule has 1 aromatic heterocycles. The topological polar surface area (TPSA) is 92.1 Å². The lowest BCUT2D eigenvalue weighted by molar-refractivity contribution is -0.384. The molecule has 0 aliphatic carbocycles. The fourth-order valence-electron chi connectivity index (χ4n) is 2.46. The van der Waals surface area contributed by atoms with E-state index in [0.717, 1.165) is 5.69 Å². The number of aromatic nitrogens is 2. The van der Waals surface area contributed by atoms with E-state index in [4.69, 9.17) is 0 Å². The van der Waals surface area contributed by atoms with Gasteiger partial charge in [0.1, 0.15) is 5.82 Å². The van der Waals surface area contributed by atoms with Crippen LogP contribution in [0, 0.1) is 23.0 Å². The number of nitrogens with zero attached hydrogens (tertiary/aromatic N) is 3. The van der Waals surface area contributed by atoms with Gasteiger partial charge < -0.3 is 9.88 Å². The SMILES string of the molecule is Cc1[nH]c(CN(C)C(=O)CC(C)C)nc1-c1cccc([N+](=O)[O-])c1. The average Bonchev–Trinajstić information content (AvgIpc) is 2.87. The summed E-state index contributed by atoms with van der Waals surface area (Å²) in [4.78, 5) is 31.8. The summed E-state index contributed by atoms with van der Waals surface area (Å²) in [5, 5.41) is 10.9. The van der Waals surface area contributed by atoms with Crippen LogP contribution in [0.25, 0.3) is 11.3 Å². The zero-order valence-corrected chi connectivity index (χ0v) is 14.4. The third kappa shape index (κ3) is 4.18. The summed E-state index contributed by atoms with van der Waals surface area (Å²) >= 11 is 0. The number of benzene rings is 1. The number of amides is 1. The van der Waals surface area contributed by atoms with Gasteiger partial charge in [-0.2, -0.15) is 0 Å². The molecule has 0 radical (unpaired) electrons. The van der Waals surface area contributed by atoms with E-state index in [1.165, 1.54) is 12.1 Å². The zero-order chi connectivity index (χ0) is 17.9. The van der Waals surface area contributed by atoms with Crippen LogP contribution in [0.4, 0.5) is 5.69 Å². The van der Waals surface area contributed by atoms with Gasteiger partial charge in [0, 0.05) is 36.9 Å². The van der Waals surface area contributed by atoms with Crippen molar-refractivity contribution in [2.24, 2.45) is 5.92 Å². The van der Waals surface area contributed by atoms with Gasteiger partial charge in [-0.1, -0.05) is 26.0 Å². The number of aryl methyl sites for hydroxylation is 1. The van der Waals surface area contributed by atoms with Gasteiger partial charge in [0.05, 0.1) is 17.2 Å². The van der Waals surface area contributed by atoms with E-state index in [1.54, 1.807) is 24.1 Å². The molecule has 0 saturated carbocycles. The Hall–Kier alpha value is -2.70. The van der Waals surface area contributed by atoms with E-state index >= 15 is 0 Å². The van der Waals surface area contributed by atoms with E-state index in [1.807, 2.05) is 20.8 Å². The van der Waals surface area contributed by atoms with Crippen molar-refractivity contribution < 1.29 is 9.72 Å². The molecule has 0 aliphatic rings. The predicted octanol–water partition coefficient (Wildman–Crippen LogP) is 3.30. The monoisotopic (exact) mass is 330 g/mol. The summed E-state index contributed by atoms with van der Waals surface area (Å²) in [5.41, 5.74) is 2.19. The maximum atomic E-state index is 12.0. The van der Waals surface area contributed by atoms with Gasteiger partial charge >= 0.3 is 0 Å². The number of imidazole rings is 1. The largest absolute Gasteiger partial charge is 0.344 e. The molecule has 1 amide bonds. The van der Waals surface area contributed by atoms with Crippen molar-refractivity contribution in [2.45, 2.75) is 33.7 Å². The summed E-state index contributed by atoms with van der Waals surface area (Å²) in [6.45, 7) is 6.24. The average molecular weight is 330 g/mol. The molecule has 0 atom stereocenters. The van der Waals surface area contributed by atoms with Gasteiger partial charge in [0.2, 0.25) is 5.91 Å². The van der Waals surface area contributed by atoms with Crippen LogP contribution < -0.4 is 0 Å². The molecule has 24 heavy (non-hydrogen) atoms. The highest BCUT2D eigenvalue weighted by Gasteiger charge is 2.16. The van der Waals surface area contributed by atoms with Crippen LogP contribution in [0.15, 0.2) is 24.3 Å². The number of carbonyl (C=O) groups excluding carboxylic acids is 1. The first kappa shape index (κ1) is 17.7. The maximum Gasteiger partial charge on any atom is 0.270 e. The number of nitro groups is 1. The van der Waals surface area contributed by atoms with E-state index in [-0.39, 0.29) is 11.6 Å². The summed E-state index contributed by atoms with van der Waals surface area (Å²) in [5.74, 6) is 1.03. The van der Waals surface area contributed by atoms with Crippen LogP contribution in [0.1, 0.15) is 31.8 Å². The summed E-state index contributed by atoms with van der Waals surface area (Å²) < 4.78 is 0. The van der Waals surface area contributed by atoms with Gasteiger partial charge in [0.15, 0.2) is 0 Å². The quantitative estimate of drug-likeness (QED) is 0.649. The number of carbonyl (C=O) groups is 1. The number of nitro benzene ring substituents is 1. The van der Waals surface area contributed by atoms with Crippen molar-refractivity contribution in [1.29, 1.82) is 0 Å². The van der Waals surface area contributed by atoms with Gasteiger partial charge in [-0.05, 0) is 12.8 Å². The van der Waals surface area contributed by atoms with Crippen molar-refractivity contribution in [3.05, 3.63) is 45.9 Å². The molecular formula is C17H22N4O3. The fourth-order valence-corrected chi connectivity index (χ4v) is 2.46. The Bertz CT molecular complexity index is 752. The van der Waals surface area contributed by atoms with Crippen LogP contribution in [-0.2, 0) is 11.3 Å². The molecule has 0 bridgehead atoms. The summed E-state index contributed by atoms with van der Waals surface area (Å²) in [6, 6.07) is 6.37. The minimum absolute atomic E-state index is 0.0284. The van der Waals surface area contributed by atoms with Gasteiger partial charge in [-0.15, -0.1) is 0 Å². The molecule has 0 fully saturated rings. The highest BCUT2D eigenvalue weighted by Crippen LogP contribution is 2.25.